The summed E-state index contributed by atoms with van der Waals surface area (Å²) in [5, 5.41) is 3.14. The highest BCUT2D eigenvalue weighted by molar-refractivity contribution is 7.89. The van der Waals surface area contributed by atoms with E-state index in [4.69, 9.17) is 0 Å². The van der Waals surface area contributed by atoms with Crippen molar-refractivity contribution in [1.29, 1.82) is 0 Å². The molecule has 0 amide bonds. The fraction of sp³-hybridized carbons (Fsp3) is 0.533. The standard InChI is InChI=1S/C15H27N5O2S/c1-5-6-7-11-20(4)15(16-2)17-9-10-18-23(21,22)14-8-12-19(3)13-14/h5,8,12-13,18H,1,6-7,9-11H2,2-4H3,(H,16,17). The number of rotatable bonds is 9. The van der Waals surface area contributed by atoms with Gasteiger partial charge in [0.25, 0.3) is 0 Å². The molecule has 0 saturated heterocycles. The third-order valence-electron chi connectivity index (χ3n) is 3.29. The summed E-state index contributed by atoms with van der Waals surface area (Å²) in [6.45, 7) is 5.32. The Labute approximate surface area is 139 Å². The van der Waals surface area contributed by atoms with Crippen molar-refractivity contribution in [3.8, 4) is 0 Å². The van der Waals surface area contributed by atoms with Crippen molar-refractivity contribution in [2.45, 2.75) is 17.7 Å². The molecule has 0 aliphatic carbocycles. The highest BCUT2D eigenvalue weighted by atomic mass is 32.2. The zero-order valence-electron chi connectivity index (χ0n) is 14.1. The molecule has 0 fully saturated rings. The van der Waals surface area contributed by atoms with Crippen molar-refractivity contribution in [1.82, 2.24) is 19.5 Å². The second-order valence-corrected chi connectivity index (χ2v) is 7.00. The van der Waals surface area contributed by atoms with Crippen LogP contribution in [0.2, 0.25) is 0 Å². The van der Waals surface area contributed by atoms with Crippen LogP contribution in [-0.2, 0) is 17.1 Å². The van der Waals surface area contributed by atoms with Crippen LogP contribution in [0.3, 0.4) is 0 Å². The lowest BCUT2D eigenvalue weighted by Crippen LogP contribution is -2.42. The van der Waals surface area contributed by atoms with Gasteiger partial charge in [0.2, 0.25) is 10.0 Å². The van der Waals surface area contributed by atoms with Crippen molar-refractivity contribution in [2.75, 3.05) is 33.7 Å². The van der Waals surface area contributed by atoms with Gasteiger partial charge in [-0.3, -0.25) is 4.99 Å². The van der Waals surface area contributed by atoms with Gasteiger partial charge in [0.1, 0.15) is 0 Å². The Morgan fingerprint density at radius 3 is 2.78 bits per heavy atom. The molecule has 0 saturated carbocycles. The van der Waals surface area contributed by atoms with Crippen LogP contribution in [0, 0.1) is 0 Å². The van der Waals surface area contributed by atoms with E-state index < -0.39 is 10.0 Å². The fourth-order valence-corrected chi connectivity index (χ4v) is 3.13. The van der Waals surface area contributed by atoms with Crippen LogP contribution in [-0.4, -0.2) is 57.6 Å². The topological polar surface area (TPSA) is 78.7 Å². The SMILES string of the molecule is C=CCCCN(C)C(=NC)NCCNS(=O)(=O)c1ccn(C)c1. The van der Waals surface area contributed by atoms with E-state index >= 15 is 0 Å². The van der Waals surface area contributed by atoms with Gasteiger partial charge >= 0.3 is 0 Å². The number of nitrogens with zero attached hydrogens (tertiary/aromatic N) is 3. The Hall–Kier alpha value is -1.80. The van der Waals surface area contributed by atoms with Crippen LogP contribution in [0.1, 0.15) is 12.8 Å². The molecule has 0 atom stereocenters. The van der Waals surface area contributed by atoms with Crippen molar-refractivity contribution >= 4 is 16.0 Å². The molecule has 1 aromatic heterocycles. The molecular formula is C15H27N5O2S. The van der Waals surface area contributed by atoms with Crippen LogP contribution in [0.5, 0.6) is 0 Å². The van der Waals surface area contributed by atoms with Gasteiger partial charge in [-0.05, 0) is 18.9 Å². The molecule has 1 heterocycles. The average Bonchev–Trinajstić information content (AvgIpc) is 2.95. The quantitative estimate of drug-likeness (QED) is 0.301. The first-order chi connectivity index (χ1) is 10.9. The van der Waals surface area contributed by atoms with E-state index in [0.717, 1.165) is 25.3 Å². The van der Waals surface area contributed by atoms with Gasteiger partial charge in [0.15, 0.2) is 5.96 Å². The Morgan fingerprint density at radius 2 is 2.22 bits per heavy atom. The van der Waals surface area contributed by atoms with Gasteiger partial charge in [-0.15, -0.1) is 6.58 Å². The van der Waals surface area contributed by atoms with Gasteiger partial charge in [0, 0.05) is 53.2 Å². The molecule has 0 aliphatic heterocycles. The third kappa shape index (κ3) is 6.45. The summed E-state index contributed by atoms with van der Waals surface area (Å²) in [7, 11) is 1.99. The highest BCUT2D eigenvalue weighted by Gasteiger charge is 2.14. The van der Waals surface area contributed by atoms with Crippen LogP contribution < -0.4 is 10.0 Å². The summed E-state index contributed by atoms with van der Waals surface area (Å²) in [4.78, 5) is 6.47. The molecule has 7 nitrogen and oxygen atoms in total. The lowest BCUT2D eigenvalue weighted by Gasteiger charge is -2.21. The average molecular weight is 341 g/mol. The predicted molar refractivity (Wildman–Crippen MR) is 94.0 cm³/mol. The van der Waals surface area contributed by atoms with E-state index in [2.05, 4.69) is 21.6 Å². The highest BCUT2D eigenvalue weighted by Crippen LogP contribution is 2.07. The number of nitrogens with one attached hydrogen (secondary N) is 2. The first-order valence-corrected chi connectivity index (χ1v) is 9.03. The molecule has 0 radical (unpaired) electrons. The minimum atomic E-state index is -3.46. The molecule has 2 N–H and O–H groups in total. The number of aromatic nitrogens is 1. The molecule has 0 aromatic carbocycles. The summed E-state index contributed by atoms with van der Waals surface area (Å²) in [6, 6.07) is 1.57. The summed E-state index contributed by atoms with van der Waals surface area (Å²) in [5.41, 5.74) is 0. The predicted octanol–water partition coefficient (Wildman–Crippen LogP) is 0.777. The monoisotopic (exact) mass is 341 g/mol. The number of aliphatic imine (C=N–C) groups is 1. The van der Waals surface area contributed by atoms with E-state index in [1.165, 1.54) is 0 Å². The molecule has 0 spiro atoms. The molecule has 0 bridgehead atoms. The van der Waals surface area contributed by atoms with Crippen LogP contribution >= 0.6 is 0 Å². The minimum Gasteiger partial charge on any atom is -0.356 e. The van der Waals surface area contributed by atoms with E-state index in [-0.39, 0.29) is 11.4 Å². The Kier molecular flexibility index (Phi) is 7.84. The van der Waals surface area contributed by atoms with Gasteiger partial charge in [-0.1, -0.05) is 6.08 Å². The summed E-state index contributed by atoms with van der Waals surface area (Å²) in [6.07, 6.45) is 7.12. The number of sulfonamides is 1. The molecular weight excluding hydrogens is 314 g/mol. The third-order valence-corrected chi connectivity index (χ3v) is 4.74. The van der Waals surface area contributed by atoms with Crippen LogP contribution in [0.15, 0.2) is 41.0 Å². The van der Waals surface area contributed by atoms with E-state index in [1.807, 2.05) is 18.0 Å². The maximum Gasteiger partial charge on any atom is 0.242 e. The number of aryl methyl sites for hydroxylation is 1. The van der Waals surface area contributed by atoms with Gasteiger partial charge < -0.3 is 14.8 Å². The van der Waals surface area contributed by atoms with Crippen molar-refractivity contribution < 1.29 is 8.42 Å². The van der Waals surface area contributed by atoms with Crippen LogP contribution in [0.4, 0.5) is 0 Å². The minimum absolute atomic E-state index is 0.269. The first kappa shape index (κ1) is 19.2. The summed E-state index contributed by atoms with van der Waals surface area (Å²) < 4.78 is 28.4. The smallest absolute Gasteiger partial charge is 0.242 e. The lowest BCUT2D eigenvalue weighted by molar-refractivity contribution is 0.470. The number of hydrogen-bond donors (Lipinski definition) is 2. The van der Waals surface area contributed by atoms with Crippen LogP contribution in [0.25, 0.3) is 0 Å². The van der Waals surface area contributed by atoms with E-state index in [9.17, 15) is 8.42 Å². The van der Waals surface area contributed by atoms with Crippen molar-refractivity contribution in [2.24, 2.45) is 12.0 Å². The zero-order valence-corrected chi connectivity index (χ0v) is 14.9. The normalized spacial score (nSPS) is 12.2. The Bertz CT molecular complexity index is 622. The van der Waals surface area contributed by atoms with Crippen molar-refractivity contribution in [3.05, 3.63) is 31.1 Å². The zero-order chi connectivity index (χ0) is 17.3. The maximum atomic E-state index is 12.1. The lowest BCUT2D eigenvalue weighted by atomic mass is 10.3. The number of unbranched alkanes of at least 4 members (excludes halogenated alkanes) is 1. The van der Waals surface area contributed by atoms with Crippen molar-refractivity contribution in [3.63, 3.8) is 0 Å². The first-order valence-electron chi connectivity index (χ1n) is 7.55. The van der Waals surface area contributed by atoms with E-state index in [1.54, 1.807) is 37.1 Å². The van der Waals surface area contributed by atoms with Gasteiger partial charge in [0.05, 0.1) is 4.90 Å². The Morgan fingerprint density at radius 1 is 1.48 bits per heavy atom. The second-order valence-electron chi connectivity index (χ2n) is 5.24. The largest absolute Gasteiger partial charge is 0.356 e. The molecule has 0 unspecified atom stereocenters. The maximum absolute atomic E-state index is 12.1. The van der Waals surface area contributed by atoms with E-state index in [0.29, 0.717) is 6.54 Å². The van der Waals surface area contributed by atoms with Gasteiger partial charge in [-0.25, -0.2) is 13.1 Å². The summed E-state index contributed by atoms with van der Waals surface area (Å²) >= 11 is 0. The number of allylic oxidation sites excluding steroid dienone is 1. The molecule has 1 rings (SSSR count). The molecule has 23 heavy (non-hydrogen) atoms. The fourth-order valence-electron chi connectivity index (χ4n) is 2.04. The summed E-state index contributed by atoms with van der Waals surface area (Å²) in [5.74, 6) is 0.743. The molecule has 1 aromatic rings. The number of guanidine groups is 1. The molecule has 8 heteroatoms. The number of hydrogen-bond acceptors (Lipinski definition) is 3. The second kappa shape index (κ2) is 9.36. The molecule has 0 aliphatic rings. The van der Waals surface area contributed by atoms with Gasteiger partial charge in [-0.2, -0.15) is 0 Å². The molecule has 130 valence electrons. The Balaban J connectivity index is 2.39.